The number of hydrogen-bond donors (Lipinski definition) is 4. The van der Waals surface area contributed by atoms with Crippen LogP contribution in [0.2, 0.25) is 0 Å². The van der Waals surface area contributed by atoms with Gasteiger partial charge in [0.2, 0.25) is 0 Å². The second-order valence-electron chi connectivity index (χ2n) is 7.52. The SMILES string of the molecule is Cc1ccc(COc2cccc(C(c3c(C)[nH][nH]c3=O)c3c(C)[nH][nH]c3=O)c2)cc1. The Kier molecular flexibility index (Phi) is 5.18. The van der Waals surface area contributed by atoms with Gasteiger partial charge in [0.15, 0.2) is 0 Å². The van der Waals surface area contributed by atoms with Crippen LogP contribution in [0.3, 0.4) is 0 Å². The highest BCUT2D eigenvalue weighted by atomic mass is 16.5. The Morgan fingerprint density at radius 3 is 1.93 bits per heavy atom. The van der Waals surface area contributed by atoms with Gasteiger partial charge in [0.05, 0.1) is 11.1 Å². The highest BCUT2D eigenvalue weighted by Crippen LogP contribution is 2.32. The molecule has 0 unspecified atom stereocenters. The molecule has 0 radical (unpaired) electrons. The quantitative estimate of drug-likeness (QED) is 0.396. The molecule has 2 heterocycles. The maximum absolute atomic E-state index is 12.6. The van der Waals surface area contributed by atoms with Crippen molar-refractivity contribution in [2.24, 2.45) is 0 Å². The Labute approximate surface area is 173 Å². The third kappa shape index (κ3) is 3.74. The van der Waals surface area contributed by atoms with Gasteiger partial charge in [-0.1, -0.05) is 42.0 Å². The molecule has 0 fully saturated rings. The molecule has 4 aromatic rings. The molecule has 7 nitrogen and oxygen atoms in total. The Morgan fingerprint density at radius 2 is 1.40 bits per heavy atom. The molecule has 0 spiro atoms. The number of nitrogens with one attached hydrogen (secondary N) is 4. The third-order valence-corrected chi connectivity index (χ3v) is 5.32. The van der Waals surface area contributed by atoms with E-state index in [2.05, 4.69) is 20.4 Å². The molecule has 0 amide bonds. The Bertz CT molecular complexity index is 1220. The molecule has 7 heteroatoms. The molecular formula is C23H24N4O3. The van der Waals surface area contributed by atoms with Crippen molar-refractivity contribution in [2.75, 3.05) is 0 Å². The van der Waals surface area contributed by atoms with E-state index in [0.717, 1.165) is 11.1 Å². The van der Waals surface area contributed by atoms with Crippen molar-refractivity contribution < 1.29 is 4.74 Å². The molecule has 30 heavy (non-hydrogen) atoms. The highest BCUT2D eigenvalue weighted by Gasteiger charge is 2.28. The lowest BCUT2D eigenvalue weighted by Crippen LogP contribution is -2.20. The Balaban J connectivity index is 1.73. The summed E-state index contributed by atoms with van der Waals surface area (Å²) >= 11 is 0. The molecule has 0 aliphatic heterocycles. The minimum absolute atomic E-state index is 0.247. The van der Waals surface area contributed by atoms with E-state index in [1.54, 1.807) is 0 Å². The van der Waals surface area contributed by atoms with Gasteiger partial charge >= 0.3 is 0 Å². The molecule has 0 atom stereocenters. The van der Waals surface area contributed by atoms with Crippen LogP contribution < -0.4 is 15.9 Å². The molecule has 0 aliphatic carbocycles. The van der Waals surface area contributed by atoms with E-state index in [4.69, 9.17) is 4.74 Å². The monoisotopic (exact) mass is 404 g/mol. The predicted octanol–water partition coefficient (Wildman–Crippen LogP) is 3.40. The molecule has 2 aromatic carbocycles. The molecular weight excluding hydrogens is 380 g/mol. The number of H-pyrrole nitrogens is 4. The summed E-state index contributed by atoms with van der Waals surface area (Å²) in [5.41, 5.74) is 4.98. The van der Waals surface area contributed by atoms with Gasteiger partial charge in [0.1, 0.15) is 12.4 Å². The van der Waals surface area contributed by atoms with Gasteiger partial charge < -0.3 is 14.9 Å². The van der Waals surface area contributed by atoms with Crippen molar-refractivity contribution in [2.45, 2.75) is 33.3 Å². The second-order valence-corrected chi connectivity index (χ2v) is 7.52. The summed E-state index contributed by atoms with van der Waals surface area (Å²) in [6.07, 6.45) is 0. The van der Waals surface area contributed by atoms with Gasteiger partial charge in [-0.25, -0.2) is 0 Å². The van der Waals surface area contributed by atoms with Gasteiger partial charge in [-0.05, 0) is 44.0 Å². The van der Waals surface area contributed by atoms with E-state index < -0.39 is 5.92 Å². The van der Waals surface area contributed by atoms with Crippen LogP contribution in [0.15, 0.2) is 58.1 Å². The summed E-state index contributed by atoms with van der Waals surface area (Å²) in [5, 5.41) is 11.0. The van der Waals surface area contributed by atoms with E-state index in [0.29, 0.717) is 34.9 Å². The summed E-state index contributed by atoms with van der Waals surface area (Å²) in [7, 11) is 0. The maximum atomic E-state index is 12.6. The van der Waals surface area contributed by atoms with Crippen LogP contribution in [-0.4, -0.2) is 20.4 Å². The lowest BCUT2D eigenvalue weighted by molar-refractivity contribution is 0.306. The number of aromatic amines is 4. The molecule has 4 N–H and O–H groups in total. The van der Waals surface area contributed by atoms with Gasteiger partial charge in [-0.15, -0.1) is 0 Å². The van der Waals surface area contributed by atoms with E-state index in [9.17, 15) is 9.59 Å². The standard InChI is InChI=1S/C23H24N4O3/c1-13-7-9-16(10-8-13)12-30-18-6-4-5-17(11-18)21(19-14(2)24-26-22(19)28)20-15(3)25-27-23(20)29/h4-11,21H,12H2,1-3H3,(H2,24,26,28)(H2,25,27,29). The first-order valence-corrected chi connectivity index (χ1v) is 9.76. The molecule has 0 saturated carbocycles. The predicted molar refractivity (Wildman–Crippen MR) is 115 cm³/mol. The highest BCUT2D eigenvalue weighted by molar-refractivity contribution is 5.46. The smallest absolute Gasteiger partial charge is 0.268 e. The summed E-state index contributed by atoms with van der Waals surface area (Å²) in [4.78, 5) is 25.1. The zero-order chi connectivity index (χ0) is 21.3. The van der Waals surface area contributed by atoms with Crippen LogP contribution in [0.5, 0.6) is 5.75 Å². The number of aromatic nitrogens is 4. The maximum Gasteiger partial charge on any atom is 0.268 e. The summed E-state index contributed by atoms with van der Waals surface area (Å²) in [5.74, 6) is 0.144. The van der Waals surface area contributed by atoms with Crippen LogP contribution in [0.4, 0.5) is 0 Å². The van der Waals surface area contributed by atoms with Crippen molar-refractivity contribution in [1.29, 1.82) is 0 Å². The molecule has 0 aliphatic rings. The second kappa shape index (κ2) is 7.94. The first kappa shape index (κ1) is 19.6. The first-order valence-electron chi connectivity index (χ1n) is 9.76. The molecule has 154 valence electrons. The summed E-state index contributed by atoms with van der Waals surface area (Å²) < 4.78 is 5.99. The lowest BCUT2D eigenvalue weighted by Gasteiger charge is -2.17. The van der Waals surface area contributed by atoms with Crippen LogP contribution in [0.25, 0.3) is 0 Å². The zero-order valence-corrected chi connectivity index (χ0v) is 17.1. The molecule has 0 bridgehead atoms. The zero-order valence-electron chi connectivity index (χ0n) is 17.1. The van der Waals surface area contributed by atoms with E-state index in [1.807, 2.05) is 69.3 Å². The van der Waals surface area contributed by atoms with Gasteiger partial charge in [-0.3, -0.25) is 19.8 Å². The van der Waals surface area contributed by atoms with Gasteiger partial charge in [0, 0.05) is 17.3 Å². The van der Waals surface area contributed by atoms with E-state index in [1.165, 1.54) is 5.56 Å². The van der Waals surface area contributed by atoms with Crippen LogP contribution >= 0.6 is 0 Å². The minimum atomic E-state index is -0.530. The van der Waals surface area contributed by atoms with Gasteiger partial charge in [-0.2, -0.15) is 0 Å². The Morgan fingerprint density at radius 1 is 0.800 bits per heavy atom. The number of rotatable bonds is 6. The van der Waals surface area contributed by atoms with E-state index in [-0.39, 0.29) is 11.1 Å². The largest absolute Gasteiger partial charge is 0.489 e. The normalized spacial score (nSPS) is 11.2. The molecule has 0 saturated heterocycles. The lowest BCUT2D eigenvalue weighted by atomic mass is 9.85. The number of ether oxygens (including phenoxy) is 1. The fraction of sp³-hybridized carbons (Fsp3) is 0.217. The first-order chi connectivity index (χ1) is 14.4. The number of aryl methyl sites for hydroxylation is 3. The van der Waals surface area contributed by atoms with Crippen LogP contribution in [-0.2, 0) is 6.61 Å². The van der Waals surface area contributed by atoms with Gasteiger partial charge in [0.25, 0.3) is 11.1 Å². The fourth-order valence-electron chi connectivity index (χ4n) is 3.72. The average molecular weight is 404 g/mol. The molecule has 4 rings (SSSR count). The molecule has 2 aromatic heterocycles. The minimum Gasteiger partial charge on any atom is -0.489 e. The topological polar surface area (TPSA) is 107 Å². The third-order valence-electron chi connectivity index (χ3n) is 5.32. The summed E-state index contributed by atoms with van der Waals surface area (Å²) in [6, 6.07) is 15.7. The Hall–Kier alpha value is -3.74. The number of benzene rings is 2. The van der Waals surface area contributed by atoms with Crippen molar-refractivity contribution in [3.8, 4) is 5.75 Å². The fourth-order valence-corrected chi connectivity index (χ4v) is 3.72. The van der Waals surface area contributed by atoms with Crippen molar-refractivity contribution >= 4 is 0 Å². The van der Waals surface area contributed by atoms with Crippen molar-refractivity contribution in [1.82, 2.24) is 20.4 Å². The number of hydrogen-bond acceptors (Lipinski definition) is 3. The average Bonchev–Trinajstić information content (AvgIpc) is 3.25. The van der Waals surface area contributed by atoms with Crippen molar-refractivity contribution in [3.63, 3.8) is 0 Å². The van der Waals surface area contributed by atoms with Crippen LogP contribution in [0, 0.1) is 20.8 Å². The van der Waals surface area contributed by atoms with Crippen molar-refractivity contribution in [3.05, 3.63) is 108 Å². The van der Waals surface area contributed by atoms with E-state index >= 15 is 0 Å². The van der Waals surface area contributed by atoms with Crippen LogP contribution in [0.1, 0.15) is 45.1 Å². The summed E-state index contributed by atoms with van der Waals surface area (Å²) in [6.45, 7) is 6.11.